The zero-order chi connectivity index (χ0) is 15.2. The molecule has 118 valence electrons. The van der Waals surface area contributed by atoms with Gasteiger partial charge < -0.3 is 19.7 Å². The van der Waals surface area contributed by atoms with Crippen LogP contribution in [0.5, 0.6) is 6.01 Å². The van der Waals surface area contributed by atoms with Gasteiger partial charge in [-0.15, -0.1) is 0 Å². The highest BCUT2D eigenvalue weighted by Gasteiger charge is 2.18. The minimum absolute atomic E-state index is 0.0331. The molecule has 1 fully saturated rings. The van der Waals surface area contributed by atoms with Crippen LogP contribution in [0.2, 0.25) is 0 Å². The number of nitrogens with zero attached hydrogens (tertiary/aromatic N) is 4. The van der Waals surface area contributed by atoms with Crippen molar-refractivity contribution in [3.8, 4) is 6.01 Å². The Bertz CT molecular complexity index is 449. The van der Waals surface area contributed by atoms with Gasteiger partial charge in [0.05, 0.1) is 6.10 Å². The average molecular weight is 295 g/mol. The van der Waals surface area contributed by atoms with E-state index in [0.29, 0.717) is 23.8 Å². The minimum Gasteiger partial charge on any atom is -0.461 e. The lowest BCUT2D eigenvalue weighted by atomic mass is 10.0. The lowest BCUT2D eigenvalue weighted by Gasteiger charge is -2.27. The van der Waals surface area contributed by atoms with Crippen LogP contribution in [-0.2, 0) is 4.74 Å². The van der Waals surface area contributed by atoms with E-state index < -0.39 is 0 Å². The molecule has 0 saturated carbocycles. The Morgan fingerprint density at radius 1 is 1.29 bits per heavy atom. The first-order valence-corrected chi connectivity index (χ1v) is 7.48. The van der Waals surface area contributed by atoms with Gasteiger partial charge in [-0.05, 0) is 32.6 Å². The molecule has 1 aliphatic heterocycles. The molecule has 21 heavy (non-hydrogen) atoms. The molecule has 7 heteroatoms. The number of hydrogen-bond donors (Lipinski definition) is 1. The van der Waals surface area contributed by atoms with E-state index >= 15 is 0 Å². The van der Waals surface area contributed by atoms with Crippen molar-refractivity contribution in [3.63, 3.8) is 0 Å². The van der Waals surface area contributed by atoms with Gasteiger partial charge in [0, 0.05) is 33.9 Å². The van der Waals surface area contributed by atoms with Gasteiger partial charge in [-0.25, -0.2) is 0 Å². The quantitative estimate of drug-likeness (QED) is 0.853. The average Bonchev–Trinajstić information content (AvgIpc) is 2.47. The molecule has 0 bridgehead atoms. The van der Waals surface area contributed by atoms with Crippen molar-refractivity contribution in [3.05, 3.63) is 0 Å². The third kappa shape index (κ3) is 4.70. The summed E-state index contributed by atoms with van der Waals surface area (Å²) in [4.78, 5) is 15.1. The number of aromatic nitrogens is 3. The van der Waals surface area contributed by atoms with Crippen molar-refractivity contribution in [2.45, 2.75) is 32.8 Å². The molecule has 2 heterocycles. The fourth-order valence-electron chi connectivity index (χ4n) is 2.29. The first-order chi connectivity index (χ1) is 10.1. The Kier molecular flexibility index (Phi) is 5.55. The first-order valence-electron chi connectivity index (χ1n) is 7.48. The van der Waals surface area contributed by atoms with Gasteiger partial charge in [-0.1, -0.05) is 0 Å². The number of anilines is 2. The Labute approximate surface area is 126 Å². The molecule has 1 aromatic rings. The smallest absolute Gasteiger partial charge is 0.323 e. The van der Waals surface area contributed by atoms with Crippen LogP contribution in [-0.4, -0.2) is 54.9 Å². The molecule has 0 atom stereocenters. The zero-order valence-corrected chi connectivity index (χ0v) is 13.3. The van der Waals surface area contributed by atoms with Crippen molar-refractivity contribution in [2.24, 2.45) is 5.92 Å². The van der Waals surface area contributed by atoms with Crippen molar-refractivity contribution >= 4 is 11.9 Å². The minimum atomic E-state index is 0.0331. The molecule has 0 aromatic carbocycles. The molecule has 1 aliphatic rings. The number of hydrogen-bond acceptors (Lipinski definition) is 7. The Hall–Kier alpha value is -1.63. The van der Waals surface area contributed by atoms with Crippen LogP contribution in [0, 0.1) is 5.92 Å². The second kappa shape index (κ2) is 7.40. The van der Waals surface area contributed by atoms with E-state index in [2.05, 4.69) is 25.2 Å². The molecule has 0 radical (unpaired) electrons. The van der Waals surface area contributed by atoms with Crippen molar-refractivity contribution in [1.82, 2.24) is 15.0 Å². The summed E-state index contributed by atoms with van der Waals surface area (Å²) < 4.78 is 11.0. The number of rotatable bonds is 6. The number of nitrogens with one attached hydrogen (secondary N) is 1. The van der Waals surface area contributed by atoms with E-state index in [4.69, 9.17) is 9.47 Å². The molecular weight excluding hydrogens is 270 g/mol. The first kappa shape index (κ1) is 15.8. The summed E-state index contributed by atoms with van der Waals surface area (Å²) in [6.45, 7) is 6.51. The standard InChI is InChI=1S/C14H25N5O2/c1-10(2)21-14-17-12(15-3)16-13(18-14)19(4)9-11-5-7-20-8-6-11/h10-11H,5-9H2,1-4H3,(H,15,16,17,18). The van der Waals surface area contributed by atoms with Crippen molar-refractivity contribution < 1.29 is 9.47 Å². The number of ether oxygens (including phenoxy) is 2. The maximum absolute atomic E-state index is 5.59. The van der Waals surface area contributed by atoms with E-state index in [1.165, 1.54) is 0 Å². The lowest BCUT2D eigenvalue weighted by molar-refractivity contribution is 0.0684. The summed E-state index contributed by atoms with van der Waals surface area (Å²) in [5.74, 6) is 1.78. The maximum Gasteiger partial charge on any atom is 0.323 e. The van der Waals surface area contributed by atoms with E-state index in [9.17, 15) is 0 Å². The van der Waals surface area contributed by atoms with Crippen LogP contribution in [0.15, 0.2) is 0 Å². The SMILES string of the molecule is CNc1nc(OC(C)C)nc(N(C)CC2CCOCC2)n1. The van der Waals surface area contributed by atoms with Crippen molar-refractivity contribution in [2.75, 3.05) is 44.1 Å². The molecule has 1 saturated heterocycles. The summed E-state index contributed by atoms with van der Waals surface area (Å²) in [6.07, 6.45) is 2.21. The van der Waals surface area contributed by atoms with Gasteiger partial charge in [-0.3, -0.25) is 0 Å². The molecule has 1 N–H and O–H groups in total. The van der Waals surface area contributed by atoms with Crippen LogP contribution in [0.3, 0.4) is 0 Å². The molecule has 0 amide bonds. The molecule has 2 rings (SSSR count). The second-order valence-corrected chi connectivity index (χ2v) is 5.59. The van der Waals surface area contributed by atoms with Crippen LogP contribution >= 0.6 is 0 Å². The van der Waals surface area contributed by atoms with Gasteiger partial charge in [-0.2, -0.15) is 15.0 Å². The fourth-order valence-corrected chi connectivity index (χ4v) is 2.29. The molecule has 0 unspecified atom stereocenters. The van der Waals surface area contributed by atoms with Gasteiger partial charge in [0.2, 0.25) is 11.9 Å². The van der Waals surface area contributed by atoms with E-state index in [0.717, 1.165) is 32.6 Å². The van der Waals surface area contributed by atoms with E-state index in [-0.39, 0.29) is 6.10 Å². The van der Waals surface area contributed by atoms with E-state index in [1.807, 2.05) is 20.9 Å². The lowest BCUT2D eigenvalue weighted by Crippen LogP contribution is -2.31. The summed E-state index contributed by atoms with van der Waals surface area (Å²) in [6, 6.07) is 0.359. The summed E-state index contributed by atoms with van der Waals surface area (Å²) >= 11 is 0. The third-order valence-electron chi connectivity index (χ3n) is 3.38. The predicted octanol–water partition coefficient (Wildman–Crippen LogP) is 1.56. The highest BCUT2D eigenvalue weighted by atomic mass is 16.5. The second-order valence-electron chi connectivity index (χ2n) is 5.59. The molecule has 0 spiro atoms. The van der Waals surface area contributed by atoms with Gasteiger partial charge >= 0.3 is 6.01 Å². The summed E-state index contributed by atoms with van der Waals surface area (Å²) in [7, 11) is 3.79. The van der Waals surface area contributed by atoms with Crippen LogP contribution in [0.25, 0.3) is 0 Å². The highest BCUT2D eigenvalue weighted by Crippen LogP contribution is 2.20. The fraction of sp³-hybridized carbons (Fsp3) is 0.786. The van der Waals surface area contributed by atoms with Crippen LogP contribution in [0.4, 0.5) is 11.9 Å². The molecule has 0 aliphatic carbocycles. The predicted molar refractivity (Wildman–Crippen MR) is 82.0 cm³/mol. The molecular formula is C14H25N5O2. The summed E-state index contributed by atoms with van der Waals surface area (Å²) in [5.41, 5.74) is 0. The normalized spacial score (nSPS) is 16.0. The van der Waals surface area contributed by atoms with Crippen LogP contribution in [0.1, 0.15) is 26.7 Å². The maximum atomic E-state index is 5.59. The third-order valence-corrected chi connectivity index (χ3v) is 3.38. The topological polar surface area (TPSA) is 72.4 Å². The van der Waals surface area contributed by atoms with Crippen molar-refractivity contribution in [1.29, 1.82) is 0 Å². The zero-order valence-electron chi connectivity index (χ0n) is 13.3. The molecule has 1 aromatic heterocycles. The Balaban J connectivity index is 2.08. The van der Waals surface area contributed by atoms with Gasteiger partial charge in [0.15, 0.2) is 0 Å². The van der Waals surface area contributed by atoms with Crippen LogP contribution < -0.4 is 15.0 Å². The monoisotopic (exact) mass is 295 g/mol. The highest BCUT2D eigenvalue weighted by molar-refractivity contribution is 5.37. The Morgan fingerprint density at radius 3 is 2.62 bits per heavy atom. The van der Waals surface area contributed by atoms with Gasteiger partial charge in [0.1, 0.15) is 0 Å². The van der Waals surface area contributed by atoms with E-state index in [1.54, 1.807) is 7.05 Å². The Morgan fingerprint density at radius 2 is 2.00 bits per heavy atom. The van der Waals surface area contributed by atoms with Gasteiger partial charge in [0.25, 0.3) is 0 Å². The largest absolute Gasteiger partial charge is 0.461 e. The summed E-state index contributed by atoms with van der Waals surface area (Å²) in [5, 5.41) is 2.95. The molecule has 7 nitrogen and oxygen atoms in total.